The minimum Gasteiger partial charge on any atom is -0.326 e. The summed E-state index contributed by atoms with van der Waals surface area (Å²) in [6, 6.07) is 7.72. The average molecular weight is 288 g/mol. The molecular weight excluding hydrogens is 264 g/mol. The molecule has 1 atom stereocenters. The number of imide groups is 1. The Morgan fingerprint density at radius 3 is 2.43 bits per heavy atom. The van der Waals surface area contributed by atoms with Crippen molar-refractivity contribution in [2.45, 2.75) is 58.5 Å². The van der Waals surface area contributed by atoms with Crippen molar-refractivity contribution in [3.8, 4) is 0 Å². The van der Waals surface area contributed by atoms with Crippen LogP contribution >= 0.6 is 0 Å². The highest BCUT2D eigenvalue weighted by atomic mass is 16.2. The van der Waals surface area contributed by atoms with E-state index in [4.69, 9.17) is 0 Å². The van der Waals surface area contributed by atoms with E-state index in [0.29, 0.717) is 6.42 Å². The normalized spacial score (nSPS) is 18.5. The predicted octanol–water partition coefficient (Wildman–Crippen LogP) is 2.90. The Balaban J connectivity index is 1.90. The van der Waals surface area contributed by atoms with E-state index in [1.54, 1.807) is 0 Å². The van der Waals surface area contributed by atoms with Crippen LogP contribution in [0.4, 0.5) is 4.79 Å². The Morgan fingerprint density at radius 2 is 1.86 bits per heavy atom. The zero-order valence-corrected chi connectivity index (χ0v) is 13.1. The largest absolute Gasteiger partial charge is 0.326 e. The van der Waals surface area contributed by atoms with Gasteiger partial charge in [-0.15, -0.1) is 0 Å². The number of hydrogen-bond donors (Lipinski definition) is 1. The fourth-order valence-corrected chi connectivity index (χ4v) is 2.88. The highest BCUT2D eigenvalue weighted by Gasteiger charge is 2.38. The molecule has 1 N–H and O–H groups in total. The predicted molar refractivity (Wildman–Crippen MR) is 83.1 cm³/mol. The SMILES string of the molecule is CCc1ccccc1CCCC1NC(=O)N(C(C)C)C1=O. The van der Waals surface area contributed by atoms with Crippen LogP contribution in [0, 0.1) is 0 Å². The van der Waals surface area contributed by atoms with Crippen LogP contribution < -0.4 is 5.32 Å². The Hall–Kier alpha value is -1.84. The Labute approximate surface area is 126 Å². The first-order valence-electron chi connectivity index (χ1n) is 7.75. The lowest BCUT2D eigenvalue weighted by molar-refractivity contribution is -0.128. The molecule has 4 nitrogen and oxygen atoms in total. The molecule has 1 aliphatic heterocycles. The molecule has 0 bridgehead atoms. The second kappa shape index (κ2) is 6.74. The number of urea groups is 1. The lowest BCUT2D eigenvalue weighted by Gasteiger charge is -2.16. The van der Waals surface area contributed by atoms with Crippen LogP contribution in [0.5, 0.6) is 0 Å². The number of benzene rings is 1. The smallest absolute Gasteiger partial charge is 0.325 e. The lowest BCUT2D eigenvalue weighted by Crippen LogP contribution is -2.37. The molecule has 1 fully saturated rings. The molecule has 1 aliphatic rings. The van der Waals surface area contributed by atoms with E-state index in [9.17, 15) is 9.59 Å². The van der Waals surface area contributed by atoms with Gasteiger partial charge in [0.15, 0.2) is 0 Å². The number of amides is 3. The van der Waals surface area contributed by atoms with Crippen LogP contribution in [0.3, 0.4) is 0 Å². The second-order valence-corrected chi connectivity index (χ2v) is 5.82. The van der Waals surface area contributed by atoms with Crippen LogP contribution in [0.2, 0.25) is 0 Å². The average Bonchev–Trinajstić information content (AvgIpc) is 2.74. The van der Waals surface area contributed by atoms with Gasteiger partial charge in [-0.25, -0.2) is 4.79 Å². The van der Waals surface area contributed by atoms with Crippen LogP contribution in [0.1, 0.15) is 44.7 Å². The van der Waals surface area contributed by atoms with E-state index >= 15 is 0 Å². The van der Waals surface area contributed by atoms with Crippen LogP contribution in [-0.4, -0.2) is 28.9 Å². The molecule has 1 aromatic carbocycles. The number of hydrogen-bond acceptors (Lipinski definition) is 2. The summed E-state index contributed by atoms with van der Waals surface area (Å²) in [5.41, 5.74) is 2.71. The van der Waals surface area contributed by atoms with Crippen molar-refractivity contribution in [1.82, 2.24) is 10.2 Å². The van der Waals surface area contributed by atoms with Gasteiger partial charge in [0.1, 0.15) is 6.04 Å². The van der Waals surface area contributed by atoms with Gasteiger partial charge in [-0.1, -0.05) is 31.2 Å². The molecule has 0 saturated carbocycles. The monoisotopic (exact) mass is 288 g/mol. The fourth-order valence-electron chi connectivity index (χ4n) is 2.88. The number of aryl methyl sites for hydroxylation is 2. The molecule has 3 amide bonds. The van der Waals surface area contributed by atoms with Crippen LogP contribution in [0.25, 0.3) is 0 Å². The highest BCUT2D eigenvalue weighted by Crippen LogP contribution is 2.17. The summed E-state index contributed by atoms with van der Waals surface area (Å²) in [5, 5.41) is 2.79. The maximum atomic E-state index is 12.2. The van der Waals surface area contributed by atoms with Crippen molar-refractivity contribution in [2.75, 3.05) is 0 Å². The van der Waals surface area contributed by atoms with Crippen molar-refractivity contribution in [3.05, 3.63) is 35.4 Å². The maximum Gasteiger partial charge on any atom is 0.325 e. The minimum absolute atomic E-state index is 0.0803. The van der Waals surface area contributed by atoms with Crippen LogP contribution in [-0.2, 0) is 17.6 Å². The van der Waals surface area contributed by atoms with Crippen molar-refractivity contribution in [2.24, 2.45) is 0 Å². The Kier molecular flexibility index (Phi) is 4.99. The molecule has 1 aromatic rings. The summed E-state index contributed by atoms with van der Waals surface area (Å²) in [7, 11) is 0. The van der Waals surface area contributed by atoms with Gasteiger partial charge in [0, 0.05) is 6.04 Å². The molecule has 1 saturated heterocycles. The van der Waals surface area contributed by atoms with Gasteiger partial charge in [0.05, 0.1) is 0 Å². The number of nitrogens with one attached hydrogen (secondary N) is 1. The van der Waals surface area contributed by atoms with Crippen molar-refractivity contribution < 1.29 is 9.59 Å². The minimum atomic E-state index is -0.353. The standard InChI is InChI=1S/C17H24N2O2/c1-4-13-8-5-6-9-14(13)10-7-11-15-16(20)19(12(2)3)17(21)18-15/h5-6,8-9,12,15H,4,7,10-11H2,1-3H3,(H,18,21). The first kappa shape index (κ1) is 15.5. The molecule has 114 valence electrons. The molecule has 4 heteroatoms. The van der Waals surface area contributed by atoms with Gasteiger partial charge in [-0.2, -0.15) is 0 Å². The van der Waals surface area contributed by atoms with E-state index < -0.39 is 0 Å². The van der Waals surface area contributed by atoms with Gasteiger partial charge >= 0.3 is 6.03 Å². The number of rotatable bonds is 6. The molecule has 0 spiro atoms. The molecule has 1 heterocycles. The topological polar surface area (TPSA) is 49.4 Å². The van der Waals surface area contributed by atoms with E-state index in [-0.39, 0.29) is 24.0 Å². The van der Waals surface area contributed by atoms with Gasteiger partial charge in [0.25, 0.3) is 5.91 Å². The molecule has 0 aromatic heterocycles. The van der Waals surface area contributed by atoms with Crippen molar-refractivity contribution >= 4 is 11.9 Å². The molecule has 21 heavy (non-hydrogen) atoms. The zero-order valence-electron chi connectivity index (χ0n) is 13.1. The van der Waals surface area contributed by atoms with E-state index in [2.05, 4.69) is 36.5 Å². The fraction of sp³-hybridized carbons (Fsp3) is 0.529. The molecular formula is C17H24N2O2. The van der Waals surface area contributed by atoms with Crippen LogP contribution in [0.15, 0.2) is 24.3 Å². The highest BCUT2D eigenvalue weighted by molar-refractivity contribution is 6.04. The Morgan fingerprint density at radius 1 is 1.19 bits per heavy atom. The zero-order chi connectivity index (χ0) is 15.4. The van der Waals surface area contributed by atoms with Gasteiger partial charge in [0.2, 0.25) is 0 Å². The van der Waals surface area contributed by atoms with Crippen molar-refractivity contribution in [1.29, 1.82) is 0 Å². The van der Waals surface area contributed by atoms with Gasteiger partial charge in [-0.05, 0) is 50.7 Å². The summed E-state index contributed by atoms with van der Waals surface area (Å²) >= 11 is 0. The summed E-state index contributed by atoms with van der Waals surface area (Å²) in [4.78, 5) is 25.3. The molecule has 1 unspecified atom stereocenters. The molecule has 2 rings (SSSR count). The molecule has 0 aliphatic carbocycles. The number of carbonyl (C=O) groups is 2. The van der Waals surface area contributed by atoms with Gasteiger partial charge < -0.3 is 5.32 Å². The number of carbonyl (C=O) groups excluding carboxylic acids is 2. The maximum absolute atomic E-state index is 12.2. The second-order valence-electron chi connectivity index (χ2n) is 5.82. The first-order valence-corrected chi connectivity index (χ1v) is 7.75. The molecule has 0 radical (unpaired) electrons. The van der Waals surface area contributed by atoms with E-state index in [1.165, 1.54) is 16.0 Å². The summed E-state index contributed by atoms with van der Waals surface area (Å²) in [5.74, 6) is -0.0845. The first-order chi connectivity index (χ1) is 10.0. The third-order valence-corrected chi connectivity index (χ3v) is 4.01. The van der Waals surface area contributed by atoms with Crippen molar-refractivity contribution in [3.63, 3.8) is 0 Å². The summed E-state index contributed by atoms with van der Waals surface area (Å²) in [6.07, 6.45) is 3.58. The summed E-state index contributed by atoms with van der Waals surface area (Å²) in [6.45, 7) is 5.87. The van der Waals surface area contributed by atoms with E-state index in [0.717, 1.165) is 19.3 Å². The quantitative estimate of drug-likeness (QED) is 0.818. The third kappa shape index (κ3) is 3.43. The number of nitrogens with zero attached hydrogens (tertiary/aromatic N) is 1. The van der Waals surface area contributed by atoms with E-state index in [1.807, 2.05) is 13.8 Å². The lowest BCUT2D eigenvalue weighted by atomic mass is 9.99. The summed E-state index contributed by atoms with van der Waals surface area (Å²) < 4.78 is 0. The third-order valence-electron chi connectivity index (χ3n) is 4.01. The van der Waals surface area contributed by atoms with Gasteiger partial charge in [-0.3, -0.25) is 9.69 Å². The Bertz CT molecular complexity index is 525.